The second-order valence-electron chi connectivity index (χ2n) is 5.86. The molecule has 3 heteroatoms. The van der Waals surface area contributed by atoms with E-state index in [1.54, 1.807) is 0 Å². The van der Waals surface area contributed by atoms with Crippen molar-refractivity contribution in [3.63, 3.8) is 0 Å². The lowest BCUT2D eigenvalue weighted by Crippen LogP contribution is -2.37. The average Bonchev–Trinajstić information content (AvgIpc) is 2.43. The lowest BCUT2D eigenvalue weighted by atomic mass is 10.00. The number of carbonyl (C=O) groups excluding carboxylic acids is 1. The standard InChI is InChI=1S/C17H25NO2/c1-14-9-15(2)11-17(10-14)20-8-4-7-18-6-3-5-16(12-18)13-19/h9-11,13,16H,3-8,12H2,1-2H3. The second kappa shape index (κ2) is 7.44. The van der Waals surface area contributed by atoms with Gasteiger partial charge in [-0.25, -0.2) is 0 Å². The Bertz CT molecular complexity index is 424. The zero-order valence-electron chi connectivity index (χ0n) is 12.6. The Morgan fingerprint density at radius 2 is 2.05 bits per heavy atom. The minimum Gasteiger partial charge on any atom is -0.494 e. The van der Waals surface area contributed by atoms with Crippen LogP contribution in [0, 0.1) is 19.8 Å². The summed E-state index contributed by atoms with van der Waals surface area (Å²) >= 11 is 0. The molecule has 1 aromatic rings. The molecule has 0 aromatic heterocycles. The van der Waals surface area contributed by atoms with E-state index in [0.717, 1.165) is 57.5 Å². The van der Waals surface area contributed by atoms with E-state index in [4.69, 9.17) is 4.74 Å². The number of aryl methyl sites for hydroxylation is 2. The molecule has 1 fully saturated rings. The molecule has 1 aliphatic heterocycles. The van der Waals surface area contributed by atoms with Gasteiger partial charge in [-0.15, -0.1) is 0 Å². The first-order valence-corrected chi connectivity index (χ1v) is 7.56. The fraction of sp³-hybridized carbons (Fsp3) is 0.588. The number of hydrogen-bond acceptors (Lipinski definition) is 3. The second-order valence-corrected chi connectivity index (χ2v) is 5.86. The number of rotatable bonds is 6. The van der Waals surface area contributed by atoms with E-state index in [2.05, 4.69) is 36.9 Å². The van der Waals surface area contributed by atoms with E-state index in [9.17, 15) is 4.79 Å². The van der Waals surface area contributed by atoms with Crippen molar-refractivity contribution < 1.29 is 9.53 Å². The van der Waals surface area contributed by atoms with Crippen molar-refractivity contribution in [3.8, 4) is 5.75 Å². The number of piperidine rings is 1. The first kappa shape index (κ1) is 15.0. The molecule has 0 N–H and O–H groups in total. The van der Waals surface area contributed by atoms with Gasteiger partial charge in [0.1, 0.15) is 12.0 Å². The maximum absolute atomic E-state index is 10.8. The third-order valence-electron chi connectivity index (χ3n) is 3.82. The number of nitrogens with zero attached hydrogens (tertiary/aromatic N) is 1. The van der Waals surface area contributed by atoms with Gasteiger partial charge in [0.05, 0.1) is 6.61 Å². The minimum atomic E-state index is 0.240. The van der Waals surface area contributed by atoms with Crippen LogP contribution in [-0.2, 0) is 4.79 Å². The molecular weight excluding hydrogens is 250 g/mol. The summed E-state index contributed by atoms with van der Waals surface area (Å²) in [5.41, 5.74) is 2.48. The van der Waals surface area contributed by atoms with E-state index >= 15 is 0 Å². The maximum Gasteiger partial charge on any atom is 0.124 e. The van der Waals surface area contributed by atoms with Crippen LogP contribution in [0.5, 0.6) is 5.75 Å². The van der Waals surface area contributed by atoms with Gasteiger partial charge in [0.25, 0.3) is 0 Å². The Labute approximate surface area is 121 Å². The maximum atomic E-state index is 10.8. The van der Waals surface area contributed by atoms with E-state index in [0.29, 0.717) is 0 Å². The Morgan fingerprint density at radius 1 is 1.30 bits per heavy atom. The van der Waals surface area contributed by atoms with Gasteiger partial charge >= 0.3 is 0 Å². The van der Waals surface area contributed by atoms with E-state index in [-0.39, 0.29) is 5.92 Å². The molecule has 1 aliphatic rings. The Morgan fingerprint density at radius 3 is 2.75 bits per heavy atom. The van der Waals surface area contributed by atoms with E-state index in [1.807, 2.05) is 0 Å². The first-order valence-electron chi connectivity index (χ1n) is 7.56. The Kier molecular flexibility index (Phi) is 5.60. The van der Waals surface area contributed by atoms with Gasteiger partial charge in [0.2, 0.25) is 0 Å². The molecule has 2 rings (SSSR count). The molecular formula is C17H25NO2. The molecule has 1 aromatic carbocycles. The van der Waals surface area contributed by atoms with Gasteiger partial charge in [-0.2, -0.15) is 0 Å². The summed E-state index contributed by atoms with van der Waals surface area (Å²) in [4.78, 5) is 13.2. The van der Waals surface area contributed by atoms with Gasteiger partial charge in [-0.1, -0.05) is 6.07 Å². The molecule has 0 aliphatic carbocycles. The molecule has 1 unspecified atom stereocenters. The number of hydrogen-bond donors (Lipinski definition) is 0. The van der Waals surface area contributed by atoms with Gasteiger partial charge in [-0.3, -0.25) is 0 Å². The fourth-order valence-corrected chi connectivity index (χ4v) is 2.90. The average molecular weight is 275 g/mol. The van der Waals surface area contributed by atoms with Crippen LogP contribution < -0.4 is 4.74 Å². The van der Waals surface area contributed by atoms with Crippen molar-refractivity contribution in [1.29, 1.82) is 0 Å². The molecule has 0 spiro atoms. The molecule has 3 nitrogen and oxygen atoms in total. The number of benzene rings is 1. The highest BCUT2D eigenvalue weighted by Crippen LogP contribution is 2.17. The topological polar surface area (TPSA) is 29.5 Å². The van der Waals surface area contributed by atoms with Crippen LogP contribution in [0.1, 0.15) is 30.4 Å². The van der Waals surface area contributed by atoms with Gasteiger partial charge in [0.15, 0.2) is 0 Å². The van der Waals surface area contributed by atoms with Crippen molar-refractivity contribution in [2.45, 2.75) is 33.1 Å². The summed E-state index contributed by atoms with van der Waals surface area (Å²) in [5, 5.41) is 0. The smallest absolute Gasteiger partial charge is 0.124 e. The van der Waals surface area contributed by atoms with Crippen LogP contribution in [0.15, 0.2) is 18.2 Å². The van der Waals surface area contributed by atoms with Gasteiger partial charge in [-0.05, 0) is 62.9 Å². The molecule has 0 bridgehead atoms. The van der Waals surface area contributed by atoms with Crippen molar-refractivity contribution in [1.82, 2.24) is 4.90 Å². The zero-order valence-corrected chi connectivity index (χ0v) is 12.6. The van der Waals surface area contributed by atoms with Crippen molar-refractivity contribution in [3.05, 3.63) is 29.3 Å². The normalized spacial score (nSPS) is 19.8. The summed E-state index contributed by atoms with van der Waals surface area (Å²) in [6.45, 7) is 7.99. The van der Waals surface area contributed by atoms with Crippen molar-refractivity contribution in [2.24, 2.45) is 5.92 Å². The van der Waals surface area contributed by atoms with E-state index in [1.165, 1.54) is 11.1 Å². The summed E-state index contributed by atoms with van der Waals surface area (Å²) < 4.78 is 5.82. The number of likely N-dealkylation sites (tertiary alicyclic amines) is 1. The minimum absolute atomic E-state index is 0.240. The molecule has 110 valence electrons. The first-order chi connectivity index (χ1) is 9.67. The Hall–Kier alpha value is -1.35. The molecule has 1 saturated heterocycles. The van der Waals surface area contributed by atoms with Gasteiger partial charge < -0.3 is 14.4 Å². The molecule has 0 radical (unpaired) electrons. The lowest BCUT2D eigenvalue weighted by Gasteiger charge is -2.29. The summed E-state index contributed by atoms with van der Waals surface area (Å²) in [7, 11) is 0. The highest BCUT2D eigenvalue weighted by atomic mass is 16.5. The highest BCUT2D eigenvalue weighted by molar-refractivity contribution is 5.53. The SMILES string of the molecule is Cc1cc(C)cc(OCCCN2CCCC(C=O)C2)c1. The largest absolute Gasteiger partial charge is 0.494 e. The van der Waals surface area contributed by atoms with Crippen LogP contribution >= 0.6 is 0 Å². The molecule has 0 saturated carbocycles. The number of carbonyl (C=O) groups is 1. The van der Waals surface area contributed by atoms with Crippen molar-refractivity contribution in [2.75, 3.05) is 26.2 Å². The van der Waals surface area contributed by atoms with Crippen LogP contribution in [0.2, 0.25) is 0 Å². The predicted octanol–water partition coefficient (Wildman–Crippen LogP) is 2.98. The third kappa shape index (κ3) is 4.64. The van der Waals surface area contributed by atoms with Gasteiger partial charge in [0, 0.05) is 19.0 Å². The quantitative estimate of drug-likeness (QED) is 0.590. The lowest BCUT2D eigenvalue weighted by molar-refractivity contribution is -0.112. The molecule has 1 heterocycles. The fourth-order valence-electron chi connectivity index (χ4n) is 2.90. The Balaban J connectivity index is 1.69. The zero-order chi connectivity index (χ0) is 14.4. The summed E-state index contributed by atoms with van der Waals surface area (Å²) in [6.07, 6.45) is 4.32. The van der Waals surface area contributed by atoms with Crippen molar-refractivity contribution >= 4 is 6.29 Å². The molecule has 1 atom stereocenters. The van der Waals surface area contributed by atoms with E-state index < -0.39 is 0 Å². The third-order valence-corrected chi connectivity index (χ3v) is 3.82. The van der Waals surface area contributed by atoms with Crippen LogP contribution in [0.25, 0.3) is 0 Å². The van der Waals surface area contributed by atoms with Crippen LogP contribution in [-0.4, -0.2) is 37.4 Å². The highest BCUT2D eigenvalue weighted by Gasteiger charge is 2.18. The number of aldehydes is 1. The molecule has 0 amide bonds. The van der Waals surface area contributed by atoms with Crippen LogP contribution in [0.3, 0.4) is 0 Å². The predicted molar refractivity (Wildman–Crippen MR) is 81.3 cm³/mol. The van der Waals surface area contributed by atoms with Crippen LogP contribution in [0.4, 0.5) is 0 Å². The molecule has 20 heavy (non-hydrogen) atoms. The monoisotopic (exact) mass is 275 g/mol. The number of ether oxygens (including phenoxy) is 1. The summed E-state index contributed by atoms with van der Waals surface area (Å²) in [6, 6.07) is 6.31. The summed E-state index contributed by atoms with van der Waals surface area (Å²) in [5.74, 6) is 1.20.